The Labute approximate surface area is 126 Å². The number of nitrogen functional groups attached to an aromatic ring is 1. The Bertz CT molecular complexity index is 659. The van der Waals surface area contributed by atoms with E-state index in [9.17, 15) is 4.79 Å². The Kier molecular flexibility index (Phi) is 4.37. The third kappa shape index (κ3) is 2.98. The summed E-state index contributed by atoms with van der Waals surface area (Å²) in [7, 11) is 1.28. The van der Waals surface area contributed by atoms with Gasteiger partial charge in [0.15, 0.2) is 0 Å². The van der Waals surface area contributed by atoms with Crippen LogP contribution in [0.1, 0.15) is 10.4 Å². The molecule has 0 aliphatic carbocycles. The Hall–Kier alpha value is -1.91. The highest BCUT2D eigenvalue weighted by atomic mass is 35.5. The third-order valence-corrected chi connectivity index (χ3v) is 3.38. The van der Waals surface area contributed by atoms with E-state index in [0.29, 0.717) is 27.2 Å². The highest BCUT2D eigenvalue weighted by Crippen LogP contribution is 2.35. The molecule has 104 valence electrons. The van der Waals surface area contributed by atoms with Gasteiger partial charge in [0.1, 0.15) is 16.5 Å². The lowest BCUT2D eigenvalue weighted by Gasteiger charge is -2.10. The van der Waals surface area contributed by atoms with Gasteiger partial charge in [-0.2, -0.15) is 0 Å². The summed E-state index contributed by atoms with van der Waals surface area (Å²) in [4.78, 5) is 11.6. The molecule has 0 spiro atoms. The molecule has 0 atom stereocenters. The van der Waals surface area contributed by atoms with Gasteiger partial charge >= 0.3 is 5.97 Å². The van der Waals surface area contributed by atoms with Gasteiger partial charge in [-0.15, -0.1) is 0 Å². The summed E-state index contributed by atoms with van der Waals surface area (Å²) >= 11 is 11.9. The van der Waals surface area contributed by atoms with Crippen LogP contribution < -0.4 is 10.5 Å². The summed E-state index contributed by atoms with van der Waals surface area (Å²) in [5.41, 5.74) is 6.24. The molecule has 6 heteroatoms. The van der Waals surface area contributed by atoms with E-state index in [2.05, 4.69) is 4.74 Å². The molecule has 0 fully saturated rings. The standard InChI is InChI=1S/C14H11Cl2NO3/c1-19-14(18)9-7-8(5-6-11(9)17)20-12-4-2-3-10(15)13(12)16/h2-7H,17H2,1H3. The number of nitrogens with two attached hydrogens (primary N) is 1. The minimum absolute atomic E-state index is 0.225. The number of esters is 1. The first-order valence-corrected chi connectivity index (χ1v) is 6.38. The maximum atomic E-state index is 11.6. The fourth-order valence-corrected chi connectivity index (χ4v) is 1.91. The molecule has 0 aromatic heterocycles. The van der Waals surface area contributed by atoms with Crippen molar-refractivity contribution in [3.05, 3.63) is 52.0 Å². The molecule has 0 saturated heterocycles. The van der Waals surface area contributed by atoms with Crippen molar-refractivity contribution in [1.29, 1.82) is 0 Å². The molecule has 0 aliphatic rings. The zero-order chi connectivity index (χ0) is 14.7. The second-order valence-electron chi connectivity index (χ2n) is 3.89. The maximum Gasteiger partial charge on any atom is 0.340 e. The number of rotatable bonds is 3. The average molecular weight is 312 g/mol. The molecule has 4 nitrogen and oxygen atoms in total. The normalized spacial score (nSPS) is 10.2. The zero-order valence-corrected chi connectivity index (χ0v) is 12.0. The van der Waals surface area contributed by atoms with Gasteiger partial charge in [-0.3, -0.25) is 0 Å². The molecule has 0 amide bonds. The number of hydrogen-bond donors (Lipinski definition) is 1. The lowest BCUT2D eigenvalue weighted by atomic mass is 10.1. The van der Waals surface area contributed by atoms with Gasteiger partial charge in [-0.1, -0.05) is 29.3 Å². The largest absolute Gasteiger partial charge is 0.465 e. The Morgan fingerprint density at radius 3 is 2.65 bits per heavy atom. The summed E-state index contributed by atoms with van der Waals surface area (Å²) in [6, 6.07) is 9.70. The van der Waals surface area contributed by atoms with Crippen molar-refractivity contribution in [3.8, 4) is 11.5 Å². The average Bonchev–Trinajstić information content (AvgIpc) is 2.45. The van der Waals surface area contributed by atoms with Gasteiger partial charge in [0.05, 0.1) is 17.7 Å². The van der Waals surface area contributed by atoms with Gasteiger partial charge in [0, 0.05) is 5.69 Å². The molecule has 0 unspecified atom stereocenters. The number of benzene rings is 2. The SMILES string of the molecule is COC(=O)c1cc(Oc2cccc(Cl)c2Cl)ccc1N. The van der Waals surface area contributed by atoms with Crippen molar-refractivity contribution in [2.45, 2.75) is 0 Å². The van der Waals surface area contributed by atoms with Gasteiger partial charge in [-0.25, -0.2) is 4.79 Å². The topological polar surface area (TPSA) is 61.5 Å². The van der Waals surface area contributed by atoms with E-state index in [0.717, 1.165) is 0 Å². The molecule has 0 heterocycles. The van der Waals surface area contributed by atoms with Gasteiger partial charge < -0.3 is 15.2 Å². The number of anilines is 1. The first-order chi connectivity index (χ1) is 9.52. The van der Waals surface area contributed by atoms with E-state index in [1.165, 1.54) is 13.2 Å². The highest BCUT2D eigenvalue weighted by molar-refractivity contribution is 6.42. The van der Waals surface area contributed by atoms with Crippen LogP contribution in [0.5, 0.6) is 11.5 Å². The van der Waals surface area contributed by atoms with E-state index in [-0.39, 0.29) is 5.56 Å². The molecule has 0 bridgehead atoms. The minimum atomic E-state index is -0.537. The fourth-order valence-electron chi connectivity index (χ4n) is 1.58. The second-order valence-corrected chi connectivity index (χ2v) is 4.68. The molecule has 0 radical (unpaired) electrons. The van der Waals surface area contributed by atoms with E-state index in [1.54, 1.807) is 30.3 Å². The Balaban J connectivity index is 2.35. The van der Waals surface area contributed by atoms with Crippen LogP contribution in [0.4, 0.5) is 5.69 Å². The molecule has 0 aliphatic heterocycles. The second kappa shape index (κ2) is 6.03. The van der Waals surface area contributed by atoms with Crippen LogP contribution in [-0.2, 0) is 4.74 Å². The molecule has 2 aromatic rings. The number of ether oxygens (including phenoxy) is 2. The summed E-state index contributed by atoms with van der Waals surface area (Å²) < 4.78 is 10.2. The number of halogens is 2. The number of methoxy groups -OCH3 is 1. The molecule has 2 aromatic carbocycles. The molecule has 20 heavy (non-hydrogen) atoms. The lowest BCUT2D eigenvalue weighted by Crippen LogP contribution is -2.05. The van der Waals surface area contributed by atoms with E-state index in [4.69, 9.17) is 33.7 Å². The van der Waals surface area contributed by atoms with Crippen LogP contribution in [0.3, 0.4) is 0 Å². The van der Waals surface area contributed by atoms with Crippen LogP contribution in [0.15, 0.2) is 36.4 Å². The molecule has 2 N–H and O–H groups in total. The molecular formula is C14H11Cl2NO3. The molecule has 0 saturated carbocycles. The van der Waals surface area contributed by atoms with Crippen LogP contribution in [0.2, 0.25) is 10.0 Å². The van der Waals surface area contributed by atoms with Crippen LogP contribution in [0.25, 0.3) is 0 Å². The van der Waals surface area contributed by atoms with Crippen molar-refractivity contribution in [2.75, 3.05) is 12.8 Å². The molecular weight excluding hydrogens is 301 g/mol. The highest BCUT2D eigenvalue weighted by Gasteiger charge is 2.13. The summed E-state index contributed by atoms with van der Waals surface area (Å²) in [6.07, 6.45) is 0. The zero-order valence-electron chi connectivity index (χ0n) is 10.5. The Morgan fingerprint density at radius 2 is 1.95 bits per heavy atom. The third-order valence-electron chi connectivity index (χ3n) is 2.57. The van der Waals surface area contributed by atoms with Gasteiger partial charge in [0.25, 0.3) is 0 Å². The first-order valence-electron chi connectivity index (χ1n) is 5.62. The summed E-state index contributed by atoms with van der Waals surface area (Å²) in [5.74, 6) is 0.258. The number of carbonyl (C=O) groups excluding carboxylic acids is 1. The van der Waals surface area contributed by atoms with Crippen molar-refractivity contribution in [2.24, 2.45) is 0 Å². The summed E-state index contributed by atoms with van der Waals surface area (Å²) in [6.45, 7) is 0. The number of carbonyl (C=O) groups is 1. The lowest BCUT2D eigenvalue weighted by molar-refractivity contribution is 0.0601. The van der Waals surface area contributed by atoms with Crippen LogP contribution in [-0.4, -0.2) is 13.1 Å². The molecule has 2 rings (SSSR count). The van der Waals surface area contributed by atoms with Crippen LogP contribution in [0, 0.1) is 0 Å². The van der Waals surface area contributed by atoms with Gasteiger partial charge in [0.2, 0.25) is 0 Å². The van der Waals surface area contributed by atoms with Gasteiger partial charge in [-0.05, 0) is 30.3 Å². The maximum absolute atomic E-state index is 11.6. The monoisotopic (exact) mass is 311 g/mol. The smallest absolute Gasteiger partial charge is 0.340 e. The first kappa shape index (κ1) is 14.5. The van der Waals surface area contributed by atoms with E-state index >= 15 is 0 Å². The van der Waals surface area contributed by atoms with Crippen molar-refractivity contribution in [3.63, 3.8) is 0 Å². The quantitative estimate of drug-likeness (QED) is 0.683. The van der Waals surface area contributed by atoms with Crippen molar-refractivity contribution < 1.29 is 14.3 Å². The van der Waals surface area contributed by atoms with Crippen molar-refractivity contribution >= 4 is 34.9 Å². The van der Waals surface area contributed by atoms with E-state index in [1.807, 2.05) is 0 Å². The van der Waals surface area contributed by atoms with E-state index < -0.39 is 5.97 Å². The predicted molar refractivity (Wildman–Crippen MR) is 78.7 cm³/mol. The minimum Gasteiger partial charge on any atom is -0.465 e. The Morgan fingerprint density at radius 1 is 1.20 bits per heavy atom. The predicted octanol–water partition coefficient (Wildman–Crippen LogP) is 4.15. The van der Waals surface area contributed by atoms with Crippen LogP contribution >= 0.6 is 23.2 Å². The fraction of sp³-hybridized carbons (Fsp3) is 0.0714. The number of hydrogen-bond acceptors (Lipinski definition) is 4. The van der Waals surface area contributed by atoms with Crippen molar-refractivity contribution in [1.82, 2.24) is 0 Å². The summed E-state index contributed by atoms with van der Waals surface area (Å²) in [5, 5.41) is 0.679.